The third-order valence-corrected chi connectivity index (χ3v) is 6.14. The number of aromatic nitrogens is 3. The molecule has 1 aromatic carbocycles. The summed E-state index contributed by atoms with van der Waals surface area (Å²) in [7, 11) is 0. The molecule has 0 saturated carbocycles. The number of carbonyl (C=O) groups excluding carboxylic acids is 1. The maximum atomic E-state index is 15.0. The molecule has 0 saturated heterocycles. The van der Waals surface area contributed by atoms with E-state index in [9.17, 15) is 9.18 Å². The number of nitrogens with one attached hydrogen (secondary N) is 2. The summed E-state index contributed by atoms with van der Waals surface area (Å²) in [5.74, 6) is -0.211. The number of aryl methyl sites for hydroxylation is 1. The molecule has 3 aromatic heterocycles. The van der Waals surface area contributed by atoms with Crippen molar-refractivity contribution in [3.8, 4) is 11.3 Å². The summed E-state index contributed by atoms with van der Waals surface area (Å²) in [5.41, 5.74) is 2.21. The van der Waals surface area contributed by atoms with Crippen LogP contribution in [0.1, 0.15) is 31.2 Å². The number of pyridine rings is 1. The highest BCUT2D eigenvalue weighted by Gasteiger charge is 2.18. The molecule has 0 aliphatic rings. The summed E-state index contributed by atoms with van der Waals surface area (Å²) in [4.78, 5) is 21.9. The summed E-state index contributed by atoms with van der Waals surface area (Å²) < 4.78 is 17.2. The van der Waals surface area contributed by atoms with Gasteiger partial charge < -0.3 is 15.2 Å². The van der Waals surface area contributed by atoms with Crippen molar-refractivity contribution in [1.82, 2.24) is 14.5 Å². The second-order valence-electron chi connectivity index (χ2n) is 7.56. The molecular weight excluding hydrogens is 425 g/mol. The number of amides is 1. The Kier molecular flexibility index (Phi) is 6.05. The molecule has 0 radical (unpaired) electrons. The largest absolute Gasteiger partial charge is 0.345 e. The van der Waals surface area contributed by atoms with Gasteiger partial charge in [-0.05, 0) is 50.6 Å². The van der Waals surface area contributed by atoms with Gasteiger partial charge >= 0.3 is 0 Å². The molecule has 1 atom stereocenters. The fourth-order valence-corrected chi connectivity index (χ4v) is 4.18. The lowest BCUT2D eigenvalue weighted by atomic mass is 10.1. The third-order valence-electron chi connectivity index (χ3n) is 5.31. The molecule has 3 heterocycles. The summed E-state index contributed by atoms with van der Waals surface area (Å²) in [6.07, 6.45) is 5.92. The van der Waals surface area contributed by atoms with Gasteiger partial charge in [-0.3, -0.25) is 4.79 Å². The Balaban J connectivity index is 1.89. The number of thiazole rings is 1. The van der Waals surface area contributed by atoms with Crippen molar-refractivity contribution >= 4 is 44.8 Å². The molecule has 0 fully saturated rings. The van der Waals surface area contributed by atoms with E-state index in [1.165, 1.54) is 29.5 Å². The molecule has 4 rings (SSSR count). The van der Waals surface area contributed by atoms with Crippen LogP contribution in [0.2, 0.25) is 0 Å². The van der Waals surface area contributed by atoms with E-state index >= 15 is 0 Å². The average molecular weight is 450 g/mol. The predicted octanol–water partition coefficient (Wildman–Crippen LogP) is 6.45. The van der Waals surface area contributed by atoms with Crippen LogP contribution in [0.3, 0.4) is 0 Å². The Morgan fingerprint density at radius 1 is 1.34 bits per heavy atom. The standard InChI is InChI=1S/C24H24FN5OS/c1-5-14(3)30-10-9-17-20(30)12-21(29-24-26-13-15(4)32-24)28-23(17)18-11-16(7-8-19(18)25)27-22(31)6-2/h6-14H,2,5H2,1,3-4H3,(H,27,31)(H,26,28,29). The number of carbonyl (C=O) groups is 1. The van der Waals surface area contributed by atoms with Crippen molar-refractivity contribution in [2.75, 3.05) is 10.6 Å². The average Bonchev–Trinajstić information content (AvgIpc) is 3.40. The second kappa shape index (κ2) is 8.92. The fraction of sp³-hybridized carbons (Fsp3) is 0.208. The first-order chi connectivity index (χ1) is 15.4. The lowest BCUT2D eigenvalue weighted by molar-refractivity contribution is -0.111. The van der Waals surface area contributed by atoms with Gasteiger partial charge in [0.15, 0.2) is 5.13 Å². The van der Waals surface area contributed by atoms with Crippen LogP contribution in [0.15, 0.2) is 55.4 Å². The molecule has 6 nitrogen and oxygen atoms in total. The number of nitrogens with zero attached hydrogens (tertiary/aromatic N) is 3. The van der Waals surface area contributed by atoms with E-state index < -0.39 is 5.82 Å². The normalized spacial score (nSPS) is 12.0. The number of hydrogen-bond donors (Lipinski definition) is 2. The summed E-state index contributed by atoms with van der Waals surface area (Å²) in [6.45, 7) is 9.71. The van der Waals surface area contributed by atoms with Gasteiger partial charge in [0.25, 0.3) is 0 Å². The smallest absolute Gasteiger partial charge is 0.247 e. The van der Waals surface area contributed by atoms with E-state index in [4.69, 9.17) is 4.98 Å². The molecule has 8 heteroatoms. The van der Waals surface area contributed by atoms with Gasteiger partial charge in [-0.15, -0.1) is 11.3 Å². The Morgan fingerprint density at radius 3 is 2.84 bits per heavy atom. The number of benzene rings is 1. The molecule has 32 heavy (non-hydrogen) atoms. The molecule has 1 amide bonds. The van der Waals surface area contributed by atoms with Crippen LogP contribution in [0, 0.1) is 12.7 Å². The number of rotatable bonds is 7. The van der Waals surface area contributed by atoms with Gasteiger partial charge in [0.05, 0.1) is 11.2 Å². The van der Waals surface area contributed by atoms with Crippen LogP contribution in [0.25, 0.3) is 22.2 Å². The highest BCUT2D eigenvalue weighted by molar-refractivity contribution is 7.15. The van der Waals surface area contributed by atoms with Crippen molar-refractivity contribution in [3.63, 3.8) is 0 Å². The van der Waals surface area contributed by atoms with Gasteiger partial charge in [-0.25, -0.2) is 14.4 Å². The summed E-state index contributed by atoms with van der Waals surface area (Å²) in [5, 5.41) is 7.49. The minimum atomic E-state index is -0.422. The van der Waals surface area contributed by atoms with Gasteiger partial charge in [0.1, 0.15) is 11.6 Å². The van der Waals surface area contributed by atoms with E-state index in [0.717, 1.165) is 27.3 Å². The number of halogens is 1. The first kappa shape index (κ1) is 21.7. The third kappa shape index (κ3) is 4.27. The maximum Gasteiger partial charge on any atom is 0.247 e. The molecule has 2 N–H and O–H groups in total. The zero-order valence-corrected chi connectivity index (χ0v) is 19.0. The minimum absolute atomic E-state index is 0.265. The first-order valence-electron chi connectivity index (χ1n) is 10.3. The topological polar surface area (TPSA) is 71.8 Å². The number of fused-ring (bicyclic) bond motifs is 1. The fourth-order valence-electron chi connectivity index (χ4n) is 3.50. The van der Waals surface area contributed by atoms with Crippen molar-refractivity contribution in [3.05, 3.63) is 66.1 Å². The second-order valence-corrected chi connectivity index (χ2v) is 8.79. The van der Waals surface area contributed by atoms with Gasteiger partial charge in [-0.1, -0.05) is 13.5 Å². The van der Waals surface area contributed by atoms with Crippen LogP contribution in [0.5, 0.6) is 0 Å². The quantitative estimate of drug-likeness (QED) is 0.318. The van der Waals surface area contributed by atoms with Gasteiger partial charge in [-0.2, -0.15) is 0 Å². The Hall–Kier alpha value is -3.52. The molecular formula is C24H24FN5OS. The van der Waals surface area contributed by atoms with Crippen molar-refractivity contribution < 1.29 is 9.18 Å². The van der Waals surface area contributed by atoms with Crippen molar-refractivity contribution in [2.45, 2.75) is 33.2 Å². The molecule has 4 aromatic rings. The molecule has 0 spiro atoms. The van der Waals surface area contributed by atoms with E-state index in [1.807, 2.05) is 25.3 Å². The highest BCUT2D eigenvalue weighted by atomic mass is 32.1. The minimum Gasteiger partial charge on any atom is -0.345 e. The monoisotopic (exact) mass is 449 g/mol. The van der Waals surface area contributed by atoms with Crippen molar-refractivity contribution in [1.29, 1.82) is 0 Å². The maximum absolute atomic E-state index is 15.0. The van der Waals surface area contributed by atoms with Crippen LogP contribution in [-0.2, 0) is 4.79 Å². The predicted molar refractivity (Wildman–Crippen MR) is 129 cm³/mol. The summed E-state index contributed by atoms with van der Waals surface area (Å²) in [6, 6.07) is 8.62. The molecule has 1 unspecified atom stereocenters. The van der Waals surface area contributed by atoms with E-state index in [-0.39, 0.29) is 11.9 Å². The molecule has 164 valence electrons. The molecule has 0 aliphatic heterocycles. The van der Waals surface area contributed by atoms with Crippen LogP contribution < -0.4 is 10.6 Å². The molecule has 0 bridgehead atoms. The number of anilines is 3. The van der Waals surface area contributed by atoms with Crippen molar-refractivity contribution in [2.24, 2.45) is 0 Å². The van der Waals surface area contributed by atoms with Crippen LogP contribution in [0.4, 0.5) is 21.0 Å². The van der Waals surface area contributed by atoms with E-state index in [0.29, 0.717) is 22.8 Å². The Morgan fingerprint density at radius 2 is 2.16 bits per heavy atom. The van der Waals surface area contributed by atoms with E-state index in [1.54, 1.807) is 12.3 Å². The lowest BCUT2D eigenvalue weighted by Gasteiger charge is -2.15. The van der Waals surface area contributed by atoms with Crippen LogP contribution >= 0.6 is 11.3 Å². The van der Waals surface area contributed by atoms with E-state index in [2.05, 4.69) is 40.6 Å². The SMILES string of the molecule is C=CC(=O)Nc1ccc(F)c(-c2nc(Nc3ncc(C)s3)cc3c2ccn3C(C)CC)c1. The van der Waals surface area contributed by atoms with Gasteiger partial charge in [0.2, 0.25) is 5.91 Å². The Labute approximate surface area is 189 Å². The van der Waals surface area contributed by atoms with Crippen LogP contribution in [-0.4, -0.2) is 20.4 Å². The number of hydrogen-bond acceptors (Lipinski definition) is 5. The van der Waals surface area contributed by atoms with Gasteiger partial charge in [0, 0.05) is 46.0 Å². The highest BCUT2D eigenvalue weighted by Crippen LogP contribution is 2.35. The Bertz CT molecular complexity index is 1310. The zero-order chi connectivity index (χ0) is 22.8. The first-order valence-corrected chi connectivity index (χ1v) is 11.2. The lowest BCUT2D eigenvalue weighted by Crippen LogP contribution is -2.07. The summed E-state index contributed by atoms with van der Waals surface area (Å²) >= 11 is 1.52. The zero-order valence-electron chi connectivity index (χ0n) is 18.1. The molecule has 0 aliphatic carbocycles.